The molecule has 0 fully saturated rings. The molecule has 0 bridgehead atoms. The highest BCUT2D eigenvalue weighted by Crippen LogP contribution is 2.45. The van der Waals surface area contributed by atoms with Gasteiger partial charge in [0.2, 0.25) is 0 Å². The van der Waals surface area contributed by atoms with Crippen molar-refractivity contribution in [2.45, 2.75) is 12.8 Å². The predicted octanol–water partition coefficient (Wildman–Crippen LogP) is 4.57. The van der Waals surface area contributed by atoms with E-state index in [0.717, 1.165) is 35.9 Å². The van der Waals surface area contributed by atoms with Gasteiger partial charge < -0.3 is 9.73 Å². The zero-order valence-corrected chi connectivity index (χ0v) is 11.6. The number of nitrogens with zero attached hydrogens (tertiary/aromatic N) is 1. The Hall–Kier alpha value is -1.52. The molecule has 3 aromatic rings. The zero-order valence-electron chi connectivity index (χ0n) is 10.1. The Kier molecular flexibility index (Phi) is 2.53. The highest BCUT2D eigenvalue weighted by molar-refractivity contribution is 7.22. The van der Waals surface area contributed by atoms with Gasteiger partial charge in [-0.3, -0.25) is 0 Å². The Balaban J connectivity index is 2.09. The smallest absolute Gasteiger partial charge is 0.181 e. The normalized spacial score (nSPS) is 14.4. The minimum Gasteiger partial charge on any atom is -0.443 e. The van der Waals surface area contributed by atoms with Crippen LogP contribution in [-0.2, 0) is 6.42 Å². The molecule has 0 saturated heterocycles. The van der Waals surface area contributed by atoms with Gasteiger partial charge in [-0.2, -0.15) is 0 Å². The predicted molar refractivity (Wildman–Crippen MR) is 79.1 cm³/mol. The molecular weight excluding hydrogens is 280 g/mol. The van der Waals surface area contributed by atoms with Crippen LogP contribution in [0.3, 0.4) is 0 Å². The molecule has 19 heavy (non-hydrogen) atoms. The van der Waals surface area contributed by atoms with Crippen LogP contribution in [-0.4, -0.2) is 11.5 Å². The fourth-order valence-electron chi connectivity index (χ4n) is 2.64. The van der Waals surface area contributed by atoms with Gasteiger partial charge in [-0.15, -0.1) is 11.3 Å². The summed E-state index contributed by atoms with van der Waals surface area (Å²) in [6.45, 7) is 0.952. The summed E-state index contributed by atoms with van der Waals surface area (Å²) >= 11 is 8.07. The second-order valence-corrected chi connectivity index (χ2v) is 6.06. The van der Waals surface area contributed by atoms with Crippen LogP contribution in [0.4, 0.5) is 5.69 Å². The lowest BCUT2D eigenvalue weighted by atomic mass is 10.0. The lowest BCUT2D eigenvalue weighted by Crippen LogP contribution is -1.99. The van der Waals surface area contributed by atoms with E-state index < -0.39 is 0 Å². The van der Waals surface area contributed by atoms with E-state index in [1.165, 1.54) is 26.9 Å². The molecule has 0 atom stereocenters. The third kappa shape index (κ3) is 1.67. The number of rotatable bonds is 1. The van der Waals surface area contributed by atoms with Gasteiger partial charge in [0.1, 0.15) is 0 Å². The largest absolute Gasteiger partial charge is 0.443 e. The Morgan fingerprint density at radius 3 is 3.16 bits per heavy atom. The van der Waals surface area contributed by atoms with Crippen LogP contribution in [0.2, 0.25) is 5.02 Å². The topological polar surface area (TPSA) is 38.1 Å². The van der Waals surface area contributed by atoms with E-state index in [1.807, 2.05) is 6.07 Å². The molecule has 5 heteroatoms. The number of halogens is 1. The van der Waals surface area contributed by atoms with Gasteiger partial charge in [0.15, 0.2) is 12.2 Å². The molecule has 3 nitrogen and oxygen atoms in total. The molecule has 0 aliphatic carbocycles. The van der Waals surface area contributed by atoms with Crippen molar-refractivity contribution in [2.24, 2.45) is 0 Å². The second kappa shape index (κ2) is 4.25. The van der Waals surface area contributed by atoms with E-state index in [0.29, 0.717) is 0 Å². The Morgan fingerprint density at radius 2 is 2.32 bits per heavy atom. The minimum absolute atomic E-state index is 0.789. The first kappa shape index (κ1) is 11.3. The van der Waals surface area contributed by atoms with Gasteiger partial charge in [0.25, 0.3) is 0 Å². The Morgan fingerprint density at radius 1 is 1.37 bits per heavy atom. The van der Waals surface area contributed by atoms with E-state index in [-0.39, 0.29) is 0 Å². The van der Waals surface area contributed by atoms with Crippen molar-refractivity contribution < 1.29 is 4.42 Å². The average Bonchev–Trinajstić information content (AvgIpc) is 2.98. The van der Waals surface area contributed by atoms with Crippen LogP contribution in [0.5, 0.6) is 0 Å². The number of hydrogen-bond donors (Lipinski definition) is 1. The van der Waals surface area contributed by atoms with Crippen molar-refractivity contribution in [3.05, 3.63) is 35.3 Å². The number of aryl methyl sites for hydroxylation is 1. The maximum absolute atomic E-state index is 6.32. The van der Waals surface area contributed by atoms with E-state index >= 15 is 0 Å². The van der Waals surface area contributed by atoms with E-state index in [1.54, 1.807) is 17.5 Å². The summed E-state index contributed by atoms with van der Waals surface area (Å²) in [7, 11) is 0. The highest BCUT2D eigenvalue weighted by Gasteiger charge is 2.21. The van der Waals surface area contributed by atoms with Crippen molar-refractivity contribution in [3.63, 3.8) is 0 Å². The molecule has 2 aromatic heterocycles. The first-order valence-corrected chi connectivity index (χ1v) is 7.40. The first-order chi connectivity index (χ1) is 9.34. The maximum Gasteiger partial charge on any atom is 0.181 e. The second-order valence-electron chi connectivity index (χ2n) is 4.60. The summed E-state index contributed by atoms with van der Waals surface area (Å²) in [5.74, 6) is 0.847. The van der Waals surface area contributed by atoms with Crippen LogP contribution in [0.25, 0.3) is 20.7 Å². The maximum atomic E-state index is 6.32. The van der Waals surface area contributed by atoms with Crippen molar-refractivity contribution in [1.82, 2.24) is 4.98 Å². The van der Waals surface area contributed by atoms with Crippen molar-refractivity contribution in [3.8, 4) is 10.6 Å². The molecule has 0 amide bonds. The summed E-state index contributed by atoms with van der Waals surface area (Å²) < 4.78 is 6.72. The van der Waals surface area contributed by atoms with Crippen LogP contribution in [0.15, 0.2) is 29.1 Å². The minimum atomic E-state index is 0.789. The van der Waals surface area contributed by atoms with E-state index in [4.69, 9.17) is 16.0 Å². The fraction of sp³-hybridized carbons (Fsp3) is 0.214. The van der Waals surface area contributed by atoms with Crippen molar-refractivity contribution in [2.75, 3.05) is 11.9 Å². The molecule has 4 rings (SSSR count). The van der Waals surface area contributed by atoms with Crippen LogP contribution in [0.1, 0.15) is 12.0 Å². The highest BCUT2D eigenvalue weighted by atomic mass is 35.5. The van der Waals surface area contributed by atoms with Crippen LogP contribution in [0, 0.1) is 0 Å². The Bertz CT molecular complexity index is 748. The third-order valence-corrected chi connectivity index (χ3v) is 4.99. The number of anilines is 1. The van der Waals surface area contributed by atoms with Crippen LogP contribution >= 0.6 is 22.9 Å². The number of hydrogen-bond acceptors (Lipinski definition) is 4. The van der Waals surface area contributed by atoms with Gasteiger partial charge in [-0.25, -0.2) is 4.98 Å². The summed E-state index contributed by atoms with van der Waals surface area (Å²) in [6.07, 6.45) is 5.39. The lowest BCUT2D eigenvalue weighted by molar-refractivity contribution is 0.572. The molecule has 0 spiro atoms. The molecule has 1 aliphatic heterocycles. The Labute approximate surface area is 119 Å². The molecule has 1 aliphatic rings. The molecule has 0 radical (unpaired) electrons. The molecule has 3 heterocycles. The monoisotopic (exact) mass is 290 g/mol. The molecule has 0 unspecified atom stereocenters. The molecule has 96 valence electrons. The number of nitrogens with one attached hydrogen (secondary N) is 1. The summed E-state index contributed by atoms with van der Waals surface area (Å²) in [6, 6.07) is 4.05. The zero-order chi connectivity index (χ0) is 12.8. The number of oxazole rings is 1. The van der Waals surface area contributed by atoms with E-state index in [2.05, 4.69) is 16.4 Å². The molecule has 1 N–H and O–H groups in total. The quantitative estimate of drug-likeness (QED) is 0.713. The fourth-order valence-corrected chi connectivity index (χ4v) is 4.08. The SMILES string of the molecule is Clc1ccc2sc(-c3cnco3)c3c2c1NCCC3. The first-order valence-electron chi connectivity index (χ1n) is 6.21. The van der Waals surface area contributed by atoms with Crippen molar-refractivity contribution in [1.29, 1.82) is 0 Å². The van der Waals surface area contributed by atoms with Crippen LogP contribution < -0.4 is 5.32 Å². The number of thiophene rings is 1. The van der Waals surface area contributed by atoms with Gasteiger partial charge >= 0.3 is 0 Å². The summed E-state index contributed by atoms with van der Waals surface area (Å²) in [5.41, 5.74) is 2.40. The van der Waals surface area contributed by atoms with Gasteiger partial charge in [0.05, 0.1) is 21.8 Å². The van der Waals surface area contributed by atoms with Gasteiger partial charge in [-0.05, 0) is 30.5 Å². The van der Waals surface area contributed by atoms with Gasteiger partial charge in [-0.1, -0.05) is 11.6 Å². The summed E-state index contributed by atoms with van der Waals surface area (Å²) in [4.78, 5) is 5.20. The standard InChI is InChI=1S/C14H11ClN2OS/c15-9-3-4-11-12-8(2-1-5-17-13(9)12)14(19-11)10-6-16-7-18-10/h3-4,6-7,17H,1-2,5H2. The third-order valence-electron chi connectivity index (χ3n) is 3.47. The molecule has 0 saturated carbocycles. The van der Waals surface area contributed by atoms with E-state index in [9.17, 15) is 0 Å². The average molecular weight is 291 g/mol. The number of aromatic nitrogens is 1. The number of benzene rings is 1. The van der Waals surface area contributed by atoms with Crippen molar-refractivity contribution >= 4 is 38.7 Å². The lowest BCUT2D eigenvalue weighted by Gasteiger charge is -2.06. The van der Waals surface area contributed by atoms with Gasteiger partial charge in [0, 0.05) is 16.6 Å². The molecule has 1 aromatic carbocycles. The molecular formula is C14H11ClN2OS. The summed E-state index contributed by atoms with van der Waals surface area (Å²) in [5, 5.41) is 5.49.